The molecule has 4 heteroatoms. The second kappa shape index (κ2) is 6.02. The van der Waals surface area contributed by atoms with Gasteiger partial charge in [-0.1, -0.05) is 36.4 Å². The Hall–Kier alpha value is -2.33. The normalized spacial score (nSPS) is 10.2. The molecule has 0 spiro atoms. The first-order chi connectivity index (χ1) is 9.20. The van der Waals surface area contributed by atoms with Gasteiger partial charge in [0, 0.05) is 0 Å². The molecule has 0 saturated heterocycles. The fraction of sp³-hybridized carbons (Fsp3) is 0.133. The maximum absolute atomic E-state index is 11.2. The molecule has 0 aliphatic heterocycles. The van der Waals surface area contributed by atoms with E-state index in [9.17, 15) is 4.79 Å². The maximum Gasteiger partial charge on any atom is 0.252 e. The Morgan fingerprint density at radius 2 is 1.68 bits per heavy atom. The number of aliphatic hydroxyl groups is 1. The van der Waals surface area contributed by atoms with Gasteiger partial charge in [-0.25, -0.2) is 0 Å². The highest BCUT2D eigenvalue weighted by atomic mass is 16.5. The number of hydrogen-bond donors (Lipinski definition) is 2. The SMILES string of the molecule is NC(=O)c1ccccc1OCc1ccc(CO)cc1. The van der Waals surface area contributed by atoms with Gasteiger partial charge in [0.1, 0.15) is 12.4 Å². The number of rotatable bonds is 5. The van der Waals surface area contributed by atoms with E-state index in [0.717, 1.165) is 11.1 Å². The summed E-state index contributed by atoms with van der Waals surface area (Å²) in [5.74, 6) is -0.0348. The first-order valence-corrected chi connectivity index (χ1v) is 5.91. The number of hydrogen-bond acceptors (Lipinski definition) is 3. The standard InChI is InChI=1S/C15H15NO3/c16-15(18)13-3-1-2-4-14(13)19-10-12-7-5-11(9-17)6-8-12/h1-8,17H,9-10H2,(H2,16,18). The van der Waals surface area contributed by atoms with Crippen LogP contribution in [0.15, 0.2) is 48.5 Å². The van der Waals surface area contributed by atoms with Crippen LogP contribution < -0.4 is 10.5 Å². The lowest BCUT2D eigenvalue weighted by molar-refractivity contribution is 0.0996. The Morgan fingerprint density at radius 1 is 1.05 bits per heavy atom. The smallest absolute Gasteiger partial charge is 0.252 e. The zero-order chi connectivity index (χ0) is 13.7. The lowest BCUT2D eigenvalue weighted by atomic mass is 10.1. The summed E-state index contributed by atoms with van der Waals surface area (Å²) in [5.41, 5.74) is 7.45. The molecule has 0 atom stereocenters. The monoisotopic (exact) mass is 257 g/mol. The zero-order valence-electron chi connectivity index (χ0n) is 10.4. The maximum atomic E-state index is 11.2. The van der Waals surface area contributed by atoms with Crippen LogP contribution in [0.4, 0.5) is 0 Å². The summed E-state index contributed by atoms with van der Waals surface area (Å²) in [6.45, 7) is 0.363. The second-order valence-corrected chi connectivity index (χ2v) is 4.12. The van der Waals surface area contributed by atoms with E-state index < -0.39 is 5.91 Å². The van der Waals surface area contributed by atoms with Gasteiger partial charge in [-0.15, -0.1) is 0 Å². The van der Waals surface area contributed by atoms with Crippen molar-refractivity contribution in [2.45, 2.75) is 13.2 Å². The Bertz CT molecular complexity index is 564. The van der Waals surface area contributed by atoms with Crippen LogP contribution in [-0.4, -0.2) is 11.0 Å². The highest BCUT2D eigenvalue weighted by molar-refractivity contribution is 5.95. The van der Waals surface area contributed by atoms with Crippen LogP contribution >= 0.6 is 0 Å². The third kappa shape index (κ3) is 3.33. The number of carbonyl (C=O) groups excluding carboxylic acids is 1. The van der Waals surface area contributed by atoms with Crippen molar-refractivity contribution in [1.82, 2.24) is 0 Å². The van der Waals surface area contributed by atoms with E-state index in [1.807, 2.05) is 24.3 Å². The van der Waals surface area contributed by atoms with Gasteiger partial charge in [-0.05, 0) is 23.3 Å². The summed E-state index contributed by atoms with van der Waals surface area (Å²) in [6, 6.07) is 14.3. The molecule has 0 radical (unpaired) electrons. The van der Waals surface area contributed by atoms with E-state index in [1.165, 1.54) is 0 Å². The van der Waals surface area contributed by atoms with Crippen molar-refractivity contribution >= 4 is 5.91 Å². The van der Waals surface area contributed by atoms with Crippen molar-refractivity contribution in [3.8, 4) is 5.75 Å². The minimum atomic E-state index is -0.508. The Labute approximate surface area is 111 Å². The van der Waals surface area contributed by atoms with Crippen molar-refractivity contribution in [3.63, 3.8) is 0 Å². The Balaban J connectivity index is 2.07. The summed E-state index contributed by atoms with van der Waals surface area (Å²) in [6.07, 6.45) is 0. The number of nitrogens with two attached hydrogens (primary N) is 1. The van der Waals surface area contributed by atoms with E-state index in [-0.39, 0.29) is 6.61 Å². The first kappa shape index (κ1) is 13.1. The van der Waals surface area contributed by atoms with E-state index >= 15 is 0 Å². The third-order valence-corrected chi connectivity index (χ3v) is 2.75. The van der Waals surface area contributed by atoms with Gasteiger partial charge in [0.05, 0.1) is 12.2 Å². The number of ether oxygens (including phenoxy) is 1. The van der Waals surface area contributed by atoms with Gasteiger partial charge in [0.25, 0.3) is 5.91 Å². The molecule has 0 aliphatic carbocycles. The molecule has 0 fully saturated rings. The molecule has 2 aromatic carbocycles. The summed E-state index contributed by atoms with van der Waals surface area (Å²) in [7, 11) is 0. The fourth-order valence-electron chi connectivity index (χ4n) is 1.70. The van der Waals surface area contributed by atoms with Crippen LogP contribution in [0, 0.1) is 0 Å². The summed E-state index contributed by atoms with van der Waals surface area (Å²) < 4.78 is 5.59. The molecule has 2 aromatic rings. The van der Waals surface area contributed by atoms with Gasteiger partial charge in [-0.3, -0.25) is 4.79 Å². The average molecular weight is 257 g/mol. The summed E-state index contributed by atoms with van der Waals surface area (Å²) >= 11 is 0. The van der Waals surface area contributed by atoms with E-state index in [0.29, 0.717) is 17.9 Å². The molecular weight excluding hydrogens is 242 g/mol. The number of amides is 1. The molecule has 1 amide bonds. The quantitative estimate of drug-likeness (QED) is 0.858. The number of carbonyl (C=O) groups is 1. The lowest BCUT2D eigenvalue weighted by Crippen LogP contribution is -2.12. The molecule has 19 heavy (non-hydrogen) atoms. The van der Waals surface area contributed by atoms with Crippen LogP contribution in [0.1, 0.15) is 21.5 Å². The summed E-state index contributed by atoms with van der Waals surface area (Å²) in [4.78, 5) is 11.2. The molecular formula is C15H15NO3. The van der Waals surface area contributed by atoms with E-state index in [2.05, 4.69) is 0 Å². The number of benzene rings is 2. The van der Waals surface area contributed by atoms with Gasteiger partial charge in [-0.2, -0.15) is 0 Å². The molecule has 0 heterocycles. The average Bonchev–Trinajstić information content (AvgIpc) is 2.46. The minimum Gasteiger partial charge on any atom is -0.488 e. The fourth-order valence-corrected chi connectivity index (χ4v) is 1.70. The first-order valence-electron chi connectivity index (χ1n) is 5.91. The van der Waals surface area contributed by atoms with Gasteiger partial charge in [0.15, 0.2) is 0 Å². The Kier molecular flexibility index (Phi) is 4.15. The zero-order valence-corrected chi connectivity index (χ0v) is 10.4. The van der Waals surface area contributed by atoms with E-state index in [1.54, 1.807) is 24.3 Å². The molecule has 98 valence electrons. The van der Waals surface area contributed by atoms with Gasteiger partial charge in [0.2, 0.25) is 0 Å². The van der Waals surface area contributed by atoms with Crippen LogP contribution in [0.2, 0.25) is 0 Å². The second-order valence-electron chi connectivity index (χ2n) is 4.12. The van der Waals surface area contributed by atoms with Crippen LogP contribution in [0.3, 0.4) is 0 Å². The molecule has 0 aromatic heterocycles. The van der Waals surface area contributed by atoms with Crippen molar-refractivity contribution < 1.29 is 14.6 Å². The largest absolute Gasteiger partial charge is 0.488 e. The predicted molar refractivity (Wildman–Crippen MR) is 71.7 cm³/mol. The highest BCUT2D eigenvalue weighted by Gasteiger charge is 2.08. The third-order valence-electron chi connectivity index (χ3n) is 2.75. The van der Waals surface area contributed by atoms with Crippen LogP contribution in [0.5, 0.6) is 5.75 Å². The molecule has 0 unspecified atom stereocenters. The van der Waals surface area contributed by atoms with E-state index in [4.69, 9.17) is 15.6 Å². The molecule has 4 nitrogen and oxygen atoms in total. The van der Waals surface area contributed by atoms with Gasteiger partial charge >= 0.3 is 0 Å². The number of aliphatic hydroxyl groups excluding tert-OH is 1. The number of primary amides is 1. The van der Waals surface area contributed by atoms with Gasteiger partial charge < -0.3 is 15.6 Å². The van der Waals surface area contributed by atoms with Crippen molar-refractivity contribution in [2.75, 3.05) is 0 Å². The molecule has 0 bridgehead atoms. The highest BCUT2D eigenvalue weighted by Crippen LogP contribution is 2.18. The lowest BCUT2D eigenvalue weighted by Gasteiger charge is -2.09. The minimum absolute atomic E-state index is 0.0195. The number of para-hydroxylation sites is 1. The van der Waals surface area contributed by atoms with Crippen LogP contribution in [0.25, 0.3) is 0 Å². The van der Waals surface area contributed by atoms with Crippen molar-refractivity contribution in [3.05, 3.63) is 65.2 Å². The molecule has 3 N–H and O–H groups in total. The summed E-state index contributed by atoms with van der Waals surface area (Å²) in [5, 5.41) is 8.95. The van der Waals surface area contributed by atoms with Crippen molar-refractivity contribution in [2.24, 2.45) is 5.73 Å². The Morgan fingerprint density at radius 3 is 2.32 bits per heavy atom. The molecule has 2 rings (SSSR count). The topological polar surface area (TPSA) is 72.6 Å². The predicted octanol–water partition coefficient (Wildman–Crippen LogP) is 1.86. The molecule has 0 aliphatic rings. The van der Waals surface area contributed by atoms with Crippen molar-refractivity contribution in [1.29, 1.82) is 0 Å². The molecule has 0 saturated carbocycles. The van der Waals surface area contributed by atoms with Crippen LogP contribution in [-0.2, 0) is 13.2 Å².